The Hall–Kier alpha value is 0.440. The van der Waals surface area contributed by atoms with Crippen LogP contribution in [-0.2, 0) is 34.4 Å². The van der Waals surface area contributed by atoms with E-state index in [1.165, 1.54) is 18.2 Å². The van der Waals surface area contributed by atoms with Gasteiger partial charge in [0.1, 0.15) is 32.3 Å². The zero-order valence-electron chi connectivity index (χ0n) is 19.9. The SMILES string of the molecule is O=CCCCOc1cc(S(=O)(=O)[O-])c2ccc3c(S(=O)(=O)[O-])cc(SOO[O-])c4ccc1c2c43.[Na+].[Na+].[Na+]. The molecule has 0 heterocycles. The second-order valence-electron chi connectivity index (χ2n) is 7.10. The Bertz CT molecular complexity index is 1630. The first-order chi connectivity index (χ1) is 16.1. The van der Waals surface area contributed by atoms with Gasteiger partial charge in [-0.2, -0.15) is 4.33 Å². The summed E-state index contributed by atoms with van der Waals surface area (Å²) in [7, 11) is -10.0. The second kappa shape index (κ2) is 14.4. The summed E-state index contributed by atoms with van der Waals surface area (Å²) in [5, 5.41) is 14.6. The minimum absolute atomic E-state index is 0. The maximum absolute atomic E-state index is 12.1. The van der Waals surface area contributed by atoms with Crippen molar-refractivity contribution in [2.24, 2.45) is 0 Å². The second-order valence-corrected chi connectivity index (χ2v) is 10.5. The van der Waals surface area contributed by atoms with E-state index in [1.807, 2.05) is 0 Å². The molecule has 0 spiro atoms. The van der Waals surface area contributed by atoms with Gasteiger partial charge in [-0.3, -0.25) is 5.04 Å². The Morgan fingerprint density at radius 3 is 1.86 bits per heavy atom. The van der Waals surface area contributed by atoms with Crippen molar-refractivity contribution in [3.05, 3.63) is 36.4 Å². The van der Waals surface area contributed by atoms with E-state index in [4.69, 9.17) is 4.74 Å². The van der Waals surface area contributed by atoms with E-state index in [-0.39, 0.29) is 134 Å². The van der Waals surface area contributed by atoms with E-state index in [2.05, 4.69) is 9.37 Å². The molecule has 0 aliphatic heterocycles. The van der Waals surface area contributed by atoms with Gasteiger partial charge in [-0.1, -0.05) is 18.2 Å². The van der Waals surface area contributed by atoms with Crippen LogP contribution in [0.15, 0.2) is 51.1 Å². The average Bonchev–Trinajstić information content (AvgIpc) is 2.77. The van der Waals surface area contributed by atoms with E-state index in [0.717, 1.165) is 12.1 Å². The third kappa shape index (κ3) is 7.40. The van der Waals surface area contributed by atoms with Gasteiger partial charge in [-0.25, -0.2) is 16.8 Å². The first kappa shape index (κ1) is 35.5. The fraction of sp³-hybridized carbons (Fsp3) is 0.150. The van der Waals surface area contributed by atoms with Crippen LogP contribution < -0.4 is 98.7 Å². The Kier molecular flexibility index (Phi) is 13.8. The largest absolute Gasteiger partial charge is 1.00 e. The molecule has 0 saturated carbocycles. The average molecular weight is 594 g/mol. The van der Waals surface area contributed by atoms with Crippen molar-refractivity contribution >= 4 is 70.9 Å². The van der Waals surface area contributed by atoms with Gasteiger partial charge in [0.25, 0.3) is 0 Å². The fourth-order valence-corrected chi connectivity index (χ4v) is 5.86. The van der Waals surface area contributed by atoms with Crippen LogP contribution in [0.25, 0.3) is 32.3 Å². The third-order valence-electron chi connectivity index (χ3n) is 5.16. The van der Waals surface area contributed by atoms with E-state index in [9.17, 15) is 36.0 Å². The molecule has 0 bridgehead atoms. The van der Waals surface area contributed by atoms with Crippen LogP contribution in [0.5, 0.6) is 5.75 Å². The summed E-state index contributed by atoms with van der Waals surface area (Å²) < 4.78 is 82.2. The summed E-state index contributed by atoms with van der Waals surface area (Å²) in [6.45, 7) is 0.0387. The van der Waals surface area contributed by atoms with Gasteiger partial charge >= 0.3 is 88.7 Å². The number of carbonyl (C=O) groups excluding carboxylic acids is 1. The molecule has 0 fully saturated rings. The molecule has 0 radical (unpaired) electrons. The number of unbranched alkanes of at least 4 members (excludes halogenated alkanes) is 1. The Morgan fingerprint density at radius 2 is 1.32 bits per heavy atom. The zero-order valence-corrected chi connectivity index (χ0v) is 28.3. The van der Waals surface area contributed by atoms with Crippen LogP contribution in [0, 0.1) is 0 Å². The van der Waals surface area contributed by atoms with Gasteiger partial charge in [0.15, 0.2) is 0 Å². The summed E-state index contributed by atoms with van der Waals surface area (Å²) >= 11 is 0.354. The maximum Gasteiger partial charge on any atom is 1.00 e. The van der Waals surface area contributed by atoms with Crippen LogP contribution in [0.2, 0.25) is 0 Å². The molecule has 0 aliphatic rings. The van der Waals surface area contributed by atoms with Gasteiger partial charge in [-0.05, 0) is 35.4 Å². The van der Waals surface area contributed by atoms with E-state index < -0.39 is 30.0 Å². The maximum atomic E-state index is 12.1. The smallest absolute Gasteiger partial charge is 0.744 e. The molecule has 0 aromatic heterocycles. The fourth-order valence-electron chi connectivity index (χ4n) is 3.87. The molecular formula is C20H13Na3O11S3. The standard InChI is InChI=1S/C20H16O11S3.3Na/c21-7-1-2-8-29-15-9-17(33(23,24)25)13-5-6-14-18(34(26,27)28)10-16(32-31-30-22)12-4-3-11(15)19(13)20(12)14;;;/h3-7,9-10,22H,1-2,8H2,(H,23,24,25)(H,26,27,28);;;/q;3*+1/p-3. The first-order valence-electron chi connectivity index (χ1n) is 9.48. The van der Waals surface area contributed by atoms with Gasteiger partial charge in [0.05, 0.1) is 28.4 Å². The Morgan fingerprint density at radius 1 is 0.811 bits per heavy atom. The zero-order chi connectivity index (χ0) is 24.7. The predicted molar refractivity (Wildman–Crippen MR) is 115 cm³/mol. The number of hydrogen-bond donors (Lipinski definition) is 0. The molecule has 0 N–H and O–H groups in total. The van der Waals surface area contributed by atoms with Crippen LogP contribution in [0.4, 0.5) is 0 Å². The van der Waals surface area contributed by atoms with E-state index >= 15 is 0 Å². The van der Waals surface area contributed by atoms with Gasteiger partial charge in [0.2, 0.25) is 0 Å². The molecule has 0 atom stereocenters. The Balaban J connectivity index is 0.00000228. The van der Waals surface area contributed by atoms with Crippen LogP contribution >= 0.6 is 12.0 Å². The summed E-state index contributed by atoms with van der Waals surface area (Å²) in [5.74, 6) is 0.0194. The number of benzene rings is 4. The van der Waals surface area contributed by atoms with Crippen LogP contribution in [-0.4, -0.2) is 38.8 Å². The molecule has 0 amide bonds. The molecule has 0 unspecified atom stereocenters. The van der Waals surface area contributed by atoms with Crippen molar-refractivity contribution in [1.82, 2.24) is 0 Å². The molecular weight excluding hydrogens is 581 g/mol. The molecule has 4 rings (SSSR count). The monoisotopic (exact) mass is 594 g/mol. The summed E-state index contributed by atoms with van der Waals surface area (Å²) in [6.07, 6.45) is 1.22. The topological polar surface area (TPSA) is 182 Å². The van der Waals surface area contributed by atoms with Crippen LogP contribution in [0.3, 0.4) is 0 Å². The summed E-state index contributed by atoms with van der Waals surface area (Å²) in [6, 6.07) is 7.63. The molecule has 0 saturated heterocycles. The minimum Gasteiger partial charge on any atom is -0.744 e. The number of ether oxygens (including phenoxy) is 1. The van der Waals surface area contributed by atoms with Crippen molar-refractivity contribution in [3.63, 3.8) is 0 Å². The third-order valence-corrected chi connectivity index (χ3v) is 7.55. The van der Waals surface area contributed by atoms with E-state index in [1.54, 1.807) is 6.07 Å². The molecule has 17 heteroatoms. The van der Waals surface area contributed by atoms with Crippen molar-refractivity contribution in [2.75, 3.05) is 6.61 Å². The molecule has 0 aliphatic carbocycles. The summed E-state index contributed by atoms with van der Waals surface area (Å²) in [5.41, 5.74) is 0. The van der Waals surface area contributed by atoms with Crippen LogP contribution in [0.1, 0.15) is 12.8 Å². The van der Waals surface area contributed by atoms with Gasteiger partial charge < -0.3 is 23.9 Å². The quantitative estimate of drug-likeness (QED) is 0.0248. The molecule has 37 heavy (non-hydrogen) atoms. The minimum atomic E-state index is -5.03. The number of hydrogen-bond acceptors (Lipinski definition) is 12. The van der Waals surface area contributed by atoms with Crippen molar-refractivity contribution in [1.29, 1.82) is 0 Å². The normalized spacial score (nSPS) is 11.6. The number of rotatable bonds is 10. The van der Waals surface area contributed by atoms with Gasteiger partial charge in [0, 0.05) is 32.9 Å². The molecule has 180 valence electrons. The van der Waals surface area contributed by atoms with Gasteiger partial charge in [-0.15, -0.1) is 0 Å². The molecule has 4 aromatic carbocycles. The summed E-state index contributed by atoms with van der Waals surface area (Å²) in [4.78, 5) is 9.34. The predicted octanol–water partition coefficient (Wildman–Crippen LogP) is -7.01. The first-order valence-corrected chi connectivity index (χ1v) is 13.0. The molecule has 4 aromatic rings. The van der Waals surface area contributed by atoms with E-state index in [0.29, 0.717) is 35.5 Å². The van der Waals surface area contributed by atoms with Crippen molar-refractivity contribution < 1.29 is 139 Å². The van der Waals surface area contributed by atoms with Crippen molar-refractivity contribution in [2.45, 2.75) is 27.5 Å². The van der Waals surface area contributed by atoms with Crippen molar-refractivity contribution in [3.8, 4) is 5.75 Å². The number of aldehydes is 1. The number of carbonyl (C=O) groups is 1. The Labute approximate surface area is 282 Å². The molecule has 11 nitrogen and oxygen atoms in total.